The number of fused-ring (bicyclic) bond motifs is 2. The molecule has 92 valence electrons. The molecule has 2 bridgehead atoms. The number of thiocarbonyl (C=S) groups is 1. The van der Waals surface area contributed by atoms with E-state index in [2.05, 4.69) is 11.8 Å². The third-order valence-electron chi connectivity index (χ3n) is 4.30. The average Bonchev–Trinajstić information content (AvgIpc) is 2.78. The average molecular weight is 240 g/mol. The van der Waals surface area contributed by atoms with E-state index in [-0.39, 0.29) is 0 Å². The predicted octanol–water partition coefficient (Wildman–Crippen LogP) is 2.42. The minimum atomic E-state index is 0.650. The van der Waals surface area contributed by atoms with Gasteiger partial charge in [0.15, 0.2) is 0 Å². The fourth-order valence-electron chi connectivity index (χ4n) is 3.70. The van der Waals surface area contributed by atoms with Crippen molar-refractivity contribution in [3.8, 4) is 0 Å². The fourth-order valence-corrected chi connectivity index (χ4v) is 3.89. The van der Waals surface area contributed by atoms with E-state index < -0.39 is 0 Å². The minimum absolute atomic E-state index is 0.650. The van der Waals surface area contributed by atoms with Gasteiger partial charge in [0.25, 0.3) is 0 Å². The molecule has 2 nitrogen and oxygen atoms in total. The number of nitrogens with zero attached hydrogens (tertiary/aromatic N) is 1. The van der Waals surface area contributed by atoms with Gasteiger partial charge in [-0.05, 0) is 50.0 Å². The van der Waals surface area contributed by atoms with Crippen molar-refractivity contribution in [1.29, 1.82) is 0 Å². The Hall–Kier alpha value is -0.150. The molecule has 2 saturated carbocycles. The van der Waals surface area contributed by atoms with E-state index in [0.717, 1.165) is 30.8 Å². The lowest BCUT2D eigenvalue weighted by Gasteiger charge is -2.29. The summed E-state index contributed by atoms with van der Waals surface area (Å²) >= 11 is 5.03. The van der Waals surface area contributed by atoms with E-state index in [1.54, 1.807) is 0 Å². The lowest BCUT2D eigenvalue weighted by molar-refractivity contribution is 0.209. The third-order valence-corrected chi connectivity index (χ3v) is 4.43. The molecule has 2 fully saturated rings. The molecule has 2 aliphatic carbocycles. The van der Waals surface area contributed by atoms with Crippen LogP contribution in [-0.4, -0.2) is 29.5 Å². The molecule has 0 aliphatic heterocycles. The summed E-state index contributed by atoms with van der Waals surface area (Å²) in [6.45, 7) is 5.42. The topological polar surface area (TPSA) is 29.3 Å². The molecule has 16 heavy (non-hydrogen) atoms. The summed E-state index contributed by atoms with van der Waals surface area (Å²) in [6, 6.07) is 0. The van der Waals surface area contributed by atoms with Crippen LogP contribution in [0.15, 0.2) is 0 Å². The Bertz CT molecular complexity index is 254. The highest BCUT2D eigenvalue weighted by Gasteiger charge is 2.39. The fraction of sp³-hybridized carbons (Fsp3) is 0.923. The van der Waals surface area contributed by atoms with E-state index in [9.17, 15) is 0 Å². The van der Waals surface area contributed by atoms with E-state index in [4.69, 9.17) is 18.0 Å². The Kier molecular flexibility index (Phi) is 4.20. The molecule has 3 heteroatoms. The van der Waals surface area contributed by atoms with Crippen LogP contribution < -0.4 is 5.73 Å². The van der Waals surface area contributed by atoms with E-state index in [1.165, 1.54) is 38.6 Å². The van der Waals surface area contributed by atoms with Crippen LogP contribution in [0.5, 0.6) is 0 Å². The highest BCUT2D eigenvalue weighted by atomic mass is 32.1. The standard InChI is InChI=1S/C13H24N2S/c1-2-5-15(9-13(14)16)8-12-7-10-3-4-11(12)6-10/h10-12H,2-9H2,1H3,(H2,14,16). The van der Waals surface area contributed by atoms with E-state index in [0.29, 0.717) is 4.99 Å². The predicted molar refractivity (Wildman–Crippen MR) is 72.5 cm³/mol. The Morgan fingerprint density at radius 3 is 2.69 bits per heavy atom. The van der Waals surface area contributed by atoms with E-state index in [1.807, 2.05) is 0 Å². The van der Waals surface area contributed by atoms with Gasteiger partial charge >= 0.3 is 0 Å². The van der Waals surface area contributed by atoms with Crippen molar-refractivity contribution >= 4 is 17.2 Å². The van der Waals surface area contributed by atoms with Gasteiger partial charge in [-0.15, -0.1) is 0 Å². The largest absolute Gasteiger partial charge is 0.392 e. The number of nitrogens with two attached hydrogens (primary N) is 1. The summed E-state index contributed by atoms with van der Waals surface area (Å²) in [4.78, 5) is 3.12. The molecule has 0 saturated heterocycles. The van der Waals surface area contributed by atoms with Crippen molar-refractivity contribution < 1.29 is 0 Å². The second kappa shape index (κ2) is 5.46. The van der Waals surface area contributed by atoms with Gasteiger partial charge < -0.3 is 5.73 Å². The molecule has 0 spiro atoms. The first-order valence-electron chi connectivity index (χ1n) is 6.69. The van der Waals surface area contributed by atoms with Crippen molar-refractivity contribution in [1.82, 2.24) is 4.90 Å². The lowest BCUT2D eigenvalue weighted by atomic mass is 9.88. The number of hydrogen-bond acceptors (Lipinski definition) is 2. The lowest BCUT2D eigenvalue weighted by Crippen LogP contribution is -2.38. The van der Waals surface area contributed by atoms with E-state index >= 15 is 0 Å². The summed E-state index contributed by atoms with van der Waals surface area (Å²) in [5.74, 6) is 2.98. The molecule has 2 rings (SSSR count). The van der Waals surface area contributed by atoms with Crippen LogP contribution in [0.25, 0.3) is 0 Å². The Morgan fingerprint density at radius 2 is 2.19 bits per heavy atom. The van der Waals surface area contributed by atoms with Crippen LogP contribution in [0.3, 0.4) is 0 Å². The van der Waals surface area contributed by atoms with Gasteiger partial charge in [0.1, 0.15) is 0 Å². The van der Waals surface area contributed by atoms with Gasteiger partial charge in [-0.3, -0.25) is 4.90 Å². The van der Waals surface area contributed by atoms with Crippen molar-refractivity contribution in [3.05, 3.63) is 0 Å². The van der Waals surface area contributed by atoms with Crippen molar-refractivity contribution in [3.63, 3.8) is 0 Å². The molecule has 2 aliphatic rings. The summed E-state index contributed by atoms with van der Waals surface area (Å²) in [5, 5.41) is 0. The molecule has 0 radical (unpaired) electrons. The highest BCUT2D eigenvalue weighted by Crippen LogP contribution is 2.48. The summed E-state index contributed by atoms with van der Waals surface area (Å²) in [7, 11) is 0. The third kappa shape index (κ3) is 2.95. The van der Waals surface area contributed by atoms with Crippen LogP contribution >= 0.6 is 12.2 Å². The molecule has 3 unspecified atom stereocenters. The second-order valence-corrected chi connectivity index (χ2v) is 6.16. The normalized spacial score (nSPS) is 32.5. The first-order valence-corrected chi connectivity index (χ1v) is 7.10. The zero-order chi connectivity index (χ0) is 11.5. The molecule has 0 amide bonds. The SMILES string of the molecule is CCCN(CC(N)=S)CC1CC2CCC1C2. The summed E-state index contributed by atoms with van der Waals surface area (Å²) < 4.78 is 0. The molecular formula is C13H24N2S. The van der Waals surface area contributed by atoms with Gasteiger partial charge in [-0.1, -0.05) is 25.6 Å². The van der Waals surface area contributed by atoms with Gasteiger partial charge in [-0.25, -0.2) is 0 Å². The molecule has 0 aromatic rings. The molecular weight excluding hydrogens is 216 g/mol. The zero-order valence-corrected chi connectivity index (χ0v) is 11.1. The van der Waals surface area contributed by atoms with Crippen LogP contribution in [0.4, 0.5) is 0 Å². The molecule has 0 heterocycles. The van der Waals surface area contributed by atoms with Crippen LogP contribution in [0.1, 0.15) is 39.0 Å². The second-order valence-electron chi connectivity index (χ2n) is 5.64. The van der Waals surface area contributed by atoms with Crippen LogP contribution in [0.2, 0.25) is 0 Å². The Morgan fingerprint density at radius 1 is 1.38 bits per heavy atom. The van der Waals surface area contributed by atoms with Gasteiger partial charge in [0, 0.05) is 13.1 Å². The maximum absolute atomic E-state index is 5.66. The Labute approximate surface area is 105 Å². The summed E-state index contributed by atoms with van der Waals surface area (Å²) in [6.07, 6.45) is 7.12. The zero-order valence-electron chi connectivity index (χ0n) is 10.3. The number of rotatable bonds is 6. The monoisotopic (exact) mass is 240 g/mol. The number of hydrogen-bond donors (Lipinski definition) is 1. The molecule has 2 N–H and O–H groups in total. The first-order chi connectivity index (χ1) is 7.69. The summed E-state index contributed by atoms with van der Waals surface area (Å²) in [5.41, 5.74) is 5.66. The minimum Gasteiger partial charge on any atom is -0.392 e. The maximum atomic E-state index is 5.66. The highest BCUT2D eigenvalue weighted by molar-refractivity contribution is 7.80. The van der Waals surface area contributed by atoms with Gasteiger partial charge in [0.05, 0.1) is 4.99 Å². The quantitative estimate of drug-likeness (QED) is 0.723. The molecule has 3 atom stereocenters. The smallest absolute Gasteiger partial charge is 0.0870 e. The molecule has 0 aromatic heterocycles. The van der Waals surface area contributed by atoms with Gasteiger partial charge in [-0.2, -0.15) is 0 Å². The molecule has 0 aromatic carbocycles. The van der Waals surface area contributed by atoms with Crippen LogP contribution in [-0.2, 0) is 0 Å². The maximum Gasteiger partial charge on any atom is 0.0870 e. The van der Waals surface area contributed by atoms with Crippen LogP contribution in [0, 0.1) is 17.8 Å². The van der Waals surface area contributed by atoms with Crippen molar-refractivity contribution in [2.24, 2.45) is 23.5 Å². The van der Waals surface area contributed by atoms with Crippen molar-refractivity contribution in [2.75, 3.05) is 19.6 Å². The Balaban J connectivity index is 1.83. The first kappa shape index (κ1) is 12.3. The van der Waals surface area contributed by atoms with Crippen molar-refractivity contribution in [2.45, 2.75) is 39.0 Å². The van der Waals surface area contributed by atoms with Gasteiger partial charge in [0.2, 0.25) is 0 Å².